The first-order chi connectivity index (χ1) is 18.1. The maximum Gasteiger partial charge on any atom is 0.513 e. The van der Waals surface area contributed by atoms with E-state index in [1.54, 1.807) is 19.9 Å². The molecule has 11 nitrogen and oxygen atoms in total. The fourth-order valence-corrected chi connectivity index (χ4v) is 2.95. The van der Waals surface area contributed by atoms with Crippen molar-refractivity contribution in [3.8, 4) is 11.5 Å². The van der Waals surface area contributed by atoms with E-state index in [2.05, 4.69) is 0 Å². The number of hydrogen-bond donors (Lipinski definition) is 1. The van der Waals surface area contributed by atoms with Gasteiger partial charge in [0.2, 0.25) is 0 Å². The molecular formula is C27H41NO10. The number of carbonyl (C=O) groups excluding carboxylic acids is 4. The molecule has 0 radical (unpaired) electrons. The molecule has 214 valence electrons. The molecule has 0 saturated heterocycles. The highest BCUT2D eigenvalue weighted by atomic mass is 16.7. The van der Waals surface area contributed by atoms with E-state index in [1.165, 1.54) is 12.1 Å². The molecule has 0 aromatic heterocycles. The van der Waals surface area contributed by atoms with Crippen molar-refractivity contribution in [2.24, 2.45) is 5.73 Å². The van der Waals surface area contributed by atoms with Crippen molar-refractivity contribution in [2.75, 3.05) is 13.2 Å². The molecule has 0 fully saturated rings. The van der Waals surface area contributed by atoms with Gasteiger partial charge in [0.05, 0.1) is 13.2 Å². The predicted octanol–water partition coefficient (Wildman–Crippen LogP) is 4.85. The van der Waals surface area contributed by atoms with Crippen molar-refractivity contribution in [3.05, 3.63) is 23.8 Å². The summed E-state index contributed by atoms with van der Waals surface area (Å²) in [6.45, 7) is 9.36. The van der Waals surface area contributed by atoms with Crippen LogP contribution in [0.15, 0.2) is 18.2 Å². The molecule has 2 N–H and O–H groups in total. The fourth-order valence-electron chi connectivity index (χ4n) is 2.95. The Morgan fingerprint density at radius 3 is 1.89 bits per heavy atom. The summed E-state index contributed by atoms with van der Waals surface area (Å²) in [4.78, 5) is 48.4. The molecule has 11 heteroatoms. The fraction of sp³-hybridized carbons (Fsp3) is 0.630. The van der Waals surface area contributed by atoms with Crippen LogP contribution in [-0.2, 0) is 35.0 Å². The molecule has 0 spiro atoms. The zero-order valence-electron chi connectivity index (χ0n) is 23.0. The Labute approximate surface area is 224 Å². The molecule has 0 aliphatic rings. The van der Waals surface area contributed by atoms with Gasteiger partial charge in [-0.2, -0.15) is 0 Å². The number of esters is 2. The van der Waals surface area contributed by atoms with Crippen LogP contribution in [0.4, 0.5) is 9.59 Å². The van der Waals surface area contributed by atoms with Gasteiger partial charge >= 0.3 is 24.2 Å². The van der Waals surface area contributed by atoms with Crippen LogP contribution in [0.2, 0.25) is 0 Å². The predicted molar refractivity (Wildman–Crippen MR) is 138 cm³/mol. The van der Waals surface area contributed by atoms with Crippen LogP contribution in [0.1, 0.15) is 78.7 Å². The summed E-state index contributed by atoms with van der Waals surface area (Å²) < 4.78 is 31.1. The molecule has 1 aromatic carbocycles. The van der Waals surface area contributed by atoms with Crippen LogP contribution in [0.5, 0.6) is 11.5 Å². The summed E-state index contributed by atoms with van der Waals surface area (Å²) in [5.74, 6) is -1.22. The van der Waals surface area contributed by atoms with Crippen molar-refractivity contribution in [1.29, 1.82) is 0 Å². The van der Waals surface area contributed by atoms with Gasteiger partial charge in [0.1, 0.15) is 18.2 Å². The molecule has 0 saturated carbocycles. The van der Waals surface area contributed by atoms with Crippen molar-refractivity contribution in [3.63, 3.8) is 0 Å². The molecule has 3 atom stereocenters. The number of hydrogen-bond acceptors (Lipinski definition) is 11. The number of ether oxygens (including phenoxy) is 6. The number of nitrogens with two attached hydrogens (primary N) is 1. The van der Waals surface area contributed by atoms with Gasteiger partial charge in [-0.1, -0.05) is 39.7 Å². The van der Waals surface area contributed by atoms with Crippen molar-refractivity contribution in [1.82, 2.24) is 0 Å². The molecule has 1 unspecified atom stereocenters. The van der Waals surface area contributed by atoms with E-state index >= 15 is 0 Å². The Morgan fingerprint density at radius 2 is 1.34 bits per heavy atom. The molecule has 0 bridgehead atoms. The lowest BCUT2D eigenvalue weighted by Gasteiger charge is -2.22. The van der Waals surface area contributed by atoms with E-state index in [0.29, 0.717) is 24.8 Å². The smallest absolute Gasteiger partial charge is 0.459 e. The second-order valence-corrected chi connectivity index (χ2v) is 8.79. The molecule has 1 aromatic rings. The summed E-state index contributed by atoms with van der Waals surface area (Å²) in [7, 11) is 0. The lowest BCUT2D eigenvalue weighted by molar-refractivity contribution is -0.166. The maximum atomic E-state index is 12.5. The first kappa shape index (κ1) is 32.7. The highest BCUT2D eigenvalue weighted by Gasteiger charge is 2.25. The van der Waals surface area contributed by atoms with Gasteiger partial charge < -0.3 is 34.2 Å². The largest absolute Gasteiger partial charge is 0.513 e. The Morgan fingerprint density at radius 1 is 0.789 bits per heavy atom. The van der Waals surface area contributed by atoms with Crippen molar-refractivity contribution >= 4 is 24.2 Å². The van der Waals surface area contributed by atoms with Crippen LogP contribution >= 0.6 is 0 Å². The Bertz CT molecular complexity index is 904. The zero-order valence-corrected chi connectivity index (χ0v) is 23.0. The second kappa shape index (κ2) is 18.0. The normalized spacial score (nSPS) is 13.0. The summed E-state index contributed by atoms with van der Waals surface area (Å²) in [6, 6.07) is 3.32. The molecule has 0 aliphatic heterocycles. The lowest BCUT2D eigenvalue weighted by atomic mass is 10.1. The highest BCUT2D eigenvalue weighted by molar-refractivity contribution is 5.76. The van der Waals surface area contributed by atoms with Gasteiger partial charge in [-0.25, -0.2) is 9.59 Å². The molecule has 0 heterocycles. The third kappa shape index (κ3) is 12.8. The standard InChI is InChI=1S/C27H41NO10/c1-6-9-14-33-26(31)37-22-13-12-20(17-23(22)38-27(32)34-15-10-7-2)16-21(28)25(30)36-19(5)18(4)35-24(29)11-8-3/h12-13,17-19,21H,6-11,14-16,28H2,1-5H3/t18?,19-,21-/m0/s1. The van der Waals surface area contributed by atoms with Crippen LogP contribution in [0.25, 0.3) is 0 Å². The van der Waals surface area contributed by atoms with Gasteiger partial charge in [0.25, 0.3) is 0 Å². The van der Waals surface area contributed by atoms with E-state index < -0.39 is 36.5 Å². The molecule has 38 heavy (non-hydrogen) atoms. The average molecular weight is 540 g/mol. The van der Waals surface area contributed by atoms with Crippen LogP contribution in [-0.4, -0.2) is 55.7 Å². The van der Waals surface area contributed by atoms with E-state index in [4.69, 9.17) is 34.2 Å². The minimum absolute atomic E-state index is 0.0258. The second-order valence-electron chi connectivity index (χ2n) is 8.79. The summed E-state index contributed by atoms with van der Waals surface area (Å²) in [5.41, 5.74) is 6.55. The quantitative estimate of drug-likeness (QED) is 0.133. The van der Waals surface area contributed by atoms with Crippen LogP contribution in [0, 0.1) is 0 Å². The molecule has 0 aliphatic carbocycles. The summed E-state index contributed by atoms with van der Waals surface area (Å²) in [6.07, 6.45) is 0.686. The van der Waals surface area contributed by atoms with Crippen molar-refractivity contribution in [2.45, 2.75) is 97.8 Å². The summed E-state index contributed by atoms with van der Waals surface area (Å²) in [5, 5.41) is 0. The third-order valence-electron chi connectivity index (χ3n) is 5.32. The Hall–Kier alpha value is -3.34. The van der Waals surface area contributed by atoms with Crippen molar-refractivity contribution < 1.29 is 47.6 Å². The van der Waals surface area contributed by atoms with E-state index in [1.807, 2.05) is 20.8 Å². The van der Waals surface area contributed by atoms with Gasteiger partial charge in [-0.15, -0.1) is 0 Å². The van der Waals surface area contributed by atoms with E-state index in [0.717, 1.165) is 12.8 Å². The first-order valence-electron chi connectivity index (χ1n) is 13.1. The lowest BCUT2D eigenvalue weighted by Crippen LogP contribution is -2.39. The first-order valence-corrected chi connectivity index (χ1v) is 13.1. The minimum Gasteiger partial charge on any atom is -0.459 e. The molecule has 1 rings (SSSR count). The van der Waals surface area contributed by atoms with Crippen LogP contribution < -0.4 is 15.2 Å². The van der Waals surface area contributed by atoms with Gasteiger partial charge in [0.15, 0.2) is 11.5 Å². The number of unbranched alkanes of at least 4 members (excludes halogenated alkanes) is 2. The molecule has 0 amide bonds. The topological polar surface area (TPSA) is 150 Å². The number of rotatable bonds is 16. The van der Waals surface area contributed by atoms with Gasteiger partial charge in [-0.05, 0) is 57.2 Å². The minimum atomic E-state index is -1.06. The van der Waals surface area contributed by atoms with Gasteiger partial charge in [-0.3, -0.25) is 9.59 Å². The SMILES string of the molecule is CCCCOC(=O)Oc1ccc(C[C@H](N)C(=O)O[C@@H](C)C(C)OC(=O)CCC)cc1OC(=O)OCCCC. The Kier molecular flexibility index (Phi) is 15.5. The number of benzene rings is 1. The average Bonchev–Trinajstić information content (AvgIpc) is 2.85. The monoisotopic (exact) mass is 539 g/mol. The Balaban J connectivity index is 2.89. The maximum absolute atomic E-state index is 12.5. The third-order valence-corrected chi connectivity index (χ3v) is 5.32. The molecular weight excluding hydrogens is 498 g/mol. The summed E-state index contributed by atoms with van der Waals surface area (Å²) >= 11 is 0. The highest BCUT2D eigenvalue weighted by Crippen LogP contribution is 2.30. The zero-order chi connectivity index (χ0) is 28.5. The van der Waals surface area contributed by atoms with Gasteiger partial charge in [0, 0.05) is 6.42 Å². The number of carbonyl (C=O) groups is 4. The van der Waals surface area contributed by atoms with E-state index in [-0.39, 0.29) is 43.5 Å². The van der Waals surface area contributed by atoms with Crippen LogP contribution in [0.3, 0.4) is 0 Å². The van der Waals surface area contributed by atoms with E-state index in [9.17, 15) is 19.2 Å².